The molecule has 0 radical (unpaired) electrons. The van der Waals surface area contributed by atoms with E-state index in [0.29, 0.717) is 6.54 Å². The molecule has 0 aromatic heterocycles. The highest BCUT2D eigenvalue weighted by atomic mass is 32.2. The van der Waals surface area contributed by atoms with E-state index in [-0.39, 0.29) is 23.2 Å². The van der Waals surface area contributed by atoms with Gasteiger partial charge in [0, 0.05) is 19.1 Å². The second-order valence-electron chi connectivity index (χ2n) is 4.60. The third-order valence-corrected chi connectivity index (χ3v) is 4.13. The molecule has 2 N–H and O–H groups in total. The zero-order chi connectivity index (χ0) is 16.0. The molecule has 0 fully saturated rings. The van der Waals surface area contributed by atoms with E-state index in [1.54, 1.807) is 0 Å². The Bertz CT molecular complexity index is 601. The van der Waals surface area contributed by atoms with E-state index in [9.17, 15) is 18.5 Å². The number of methoxy groups -OCH3 is 1. The van der Waals surface area contributed by atoms with Crippen molar-refractivity contribution in [3.8, 4) is 5.75 Å². The van der Waals surface area contributed by atoms with Gasteiger partial charge < -0.3 is 10.1 Å². The number of benzene rings is 1. The molecule has 0 saturated heterocycles. The van der Waals surface area contributed by atoms with Crippen LogP contribution < -0.4 is 14.8 Å². The maximum absolute atomic E-state index is 12.1. The average molecular weight is 317 g/mol. The maximum Gasteiger partial charge on any atom is 0.293 e. The van der Waals surface area contributed by atoms with Crippen molar-refractivity contribution in [1.29, 1.82) is 0 Å². The summed E-state index contributed by atoms with van der Waals surface area (Å²) in [6.45, 7) is 4.44. The summed E-state index contributed by atoms with van der Waals surface area (Å²) in [5.74, 6) is 0.224. The van der Waals surface area contributed by atoms with Gasteiger partial charge in [-0.2, -0.15) is 0 Å². The predicted molar refractivity (Wildman–Crippen MR) is 78.0 cm³/mol. The lowest BCUT2D eigenvalue weighted by Crippen LogP contribution is -2.34. The van der Waals surface area contributed by atoms with E-state index in [0.717, 1.165) is 12.1 Å². The Morgan fingerprint density at radius 2 is 2.00 bits per heavy atom. The van der Waals surface area contributed by atoms with Crippen molar-refractivity contribution in [2.45, 2.75) is 24.8 Å². The molecule has 0 spiro atoms. The number of nitrogens with zero attached hydrogens (tertiary/aromatic N) is 1. The van der Waals surface area contributed by atoms with E-state index in [4.69, 9.17) is 4.74 Å². The number of nitrogens with one attached hydrogen (secondary N) is 2. The van der Waals surface area contributed by atoms with Crippen molar-refractivity contribution in [3.63, 3.8) is 0 Å². The number of hydrogen-bond acceptors (Lipinski definition) is 6. The first-order valence-electron chi connectivity index (χ1n) is 6.33. The highest BCUT2D eigenvalue weighted by Gasteiger charge is 2.26. The molecule has 0 aliphatic carbocycles. The number of ether oxygens (including phenoxy) is 1. The highest BCUT2D eigenvalue weighted by molar-refractivity contribution is 7.89. The van der Waals surface area contributed by atoms with Gasteiger partial charge in [-0.25, -0.2) is 13.1 Å². The molecule has 1 aromatic carbocycles. The van der Waals surface area contributed by atoms with Gasteiger partial charge in [0.15, 0.2) is 4.90 Å². The fraction of sp³-hybridized carbons (Fsp3) is 0.500. The molecular weight excluding hydrogens is 298 g/mol. The van der Waals surface area contributed by atoms with Crippen LogP contribution in [0.5, 0.6) is 5.75 Å². The highest BCUT2D eigenvalue weighted by Crippen LogP contribution is 2.27. The fourth-order valence-electron chi connectivity index (χ4n) is 1.62. The van der Waals surface area contributed by atoms with E-state index < -0.39 is 20.6 Å². The van der Waals surface area contributed by atoms with Crippen LogP contribution in [0.25, 0.3) is 0 Å². The van der Waals surface area contributed by atoms with E-state index in [1.165, 1.54) is 13.2 Å². The van der Waals surface area contributed by atoms with Crippen molar-refractivity contribution in [3.05, 3.63) is 28.3 Å². The quantitative estimate of drug-likeness (QED) is 0.418. The molecule has 0 unspecified atom stereocenters. The van der Waals surface area contributed by atoms with Crippen LogP contribution in [0.15, 0.2) is 23.1 Å². The van der Waals surface area contributed by atoms with Crippen molar-refractivity contribution >= 4 is 15.7 Å². The third-order valence-electron chi connectivity index (χ3n) is 2.62. The molecular formula is C12H19N3O5S. The molecule has 0 saturated carbocycles. The van der Waals surface area contributed by atoms with Gasteiger partial charge in [-0.05, 0) is 12.1 Å². The van der Waals surface area contributed by atoms with E-state index in [2.05, 4.69) is 10.0 Å². The molecule has 1 rings (SSSR count). The van der Waals surface area contributed by atoms with Crippen LogP contribution in [0, 0.1) is 10.1 Å². The smallest absolute Gasteiger partial charge is 0.293 e. The number of rotatable bonds is 8. The van der Waals surface area contributed by atoms with Gasteiger partial charge in [0.2, 0.25) is 10.0 Å². The summed E-state index contributed by atoms with van der Waals surface area (Å²) in [6.07, 6.45) is 0. The number of sulfonamides is 1. The second kappa shape index (κ2) is 7.34. The Labute approximate surface area is 123 Å². The summed E-state index contributed by atoms with van der Waals surface area (Å²) in [5.41, 5.74) is -0.515. The largest absolute Gasteiger partial charge is 0.497 e. The minimum absolute atomic E-state index is 0.143. The molecule has 0 amide bonds. The van der Waals surface area contributed by atoms with Crippen LogP contribution in [0.3, 0.4) is 0 Å². The molecule has 0 atom stereocenters. The molecule has 9 heteroatoms. The van der Waals surface area contributed by atoms with Gasteiger partial charge in [-0.1, -0.05) is 13.8 Å². The standard InChI is InChI=1S/C12H19N3O5S/c1-9(2)13-6-7-14-21(18,19)12-5-4-10(20-3)8-11(12)15(16)17/h4-5,8-9,13-14H,6-7H2,1-3H3. The maximum atomic E-state index is 12.1. The lowest BCUT2D eigenvalue weighted by molar-refractivity contribution is -0.387. The molecule has 0 aliphatic heterocycles. The number of nitro groups is 1. The fourth-order valence-corrected chi connectivity index (χ4v) is 2.80. The molecule has 118 valence electrons. The van der Waals surface area contributed by atoms with E-state index in [1.807, 2.05) is 13.8 Å². The predicted octanol–water partition coefficient (Wildman–Crippen LogP) is 0.880. The zero-order valence-electron chi connectivity index (χ0n) is 12.1. The summed E-state index contributed by atoms with van der Waals surface area (Å²) in [7, 11) is -2.60. The molecule has 8 nitrogen and oxygen atoms in total. The molecule has 21 heavy (non-hydrogen) atoms. The third kappa shape index (κ3) is 4.96. The van der Waals surface area contributed by atoms with Gasteiger partial charge in [0.25, 0.3) is 5.69 Å². The first-order chi connectivity index (χ1) is 9.77. The second-order valence-corrected chi connectivity index (χ2v) is 6.33. The molecule has 0 heterocycles. The van der Waals surface area contributed by atoms with Gasteiger partial charge in [0.05, 0.1) is 18.1 Å². The Morgan fingerprint density at radius 1 is 1.33 bits per heavy atom. The van der Waals surface area contributed by atoms with Crippen LogP contribution in [0.1, 0.15) is 13.8 Å². The Kier molecular flexibility index (Phi) is 6.06. The van der Waals surface area contributed by atoms with Crippen molar-refractivity contribution in [2.24, 2.45) is 0 Å². The van der Waals surface area contributed by atoms with Crippen LogP contribution in [-0.4, -0.2) is 39.6 Å². The van der Waals surface area contributed by atoms with Crippen molar-refractivity contribution in [1.82, 2.24) is 10.0 Å². The van der Waals surface area contributed by atoms with Crippen LogP contribution in [0.4, 0.5) is 5.69 Å². The van der Waals surface area contributed by atoms with Crippen LogP contribution >= 0.6 is 0 Å². The summed E-state index contributed by atoms with van der Waals surface area (Å²) in [4.78, 5) is 9.88. The minimum Gasteiger partial charge on any atom is -0.497 e. The summed E-state index contributed by atoms with van der Waals surface area (Å²) in [5, 5.41) is 14.0. The van der Waals surface area contributed by atoms with Crippen LogP contribution in [0.2, 0.25) is 0 Å². The molecule has 0 aliphatic rings. The Hall–Kier alpha value is -1.71. The lowest BCUT2D eigenvalue weighted by Gasteiger charge is -2.10. The summed E-state index contributed by atoms with van der Waals surface area (Å²) >= 11 is 0. The number of hydrogen-bond donors (Lipinski definition) is 2. The van der Waals surface area contributed by atoms with Gasteiger partial charge in [-0.3, -0.25) is 10.1 Å². The summed E-state index contributed by atoms with van der Waals surface area (Å²) < 4.78 is 31.4. The lowest BCUT2D eigenvalue weighted by atomic mass is 10.3. The topological polar surface area (TPSA) is 111 Å². The Morgan fingerprint density at radius 3 is 2.52 bits per heavy atom. The average Bonchev–Trinajstić information content (AvgIpc) is 2.42. The van der Waals surface area contributed by atoms with E-state index >= 15 is 0 Å². The SMILES string of the molecule is COc1ccc(S(=O)(=O)NCCNC(C)C)c([N+](=O)[O-])c1. The summed E-state index contributed by atoms with van der Waals surface area (Å²) in [6, 6.07) is 3.84. The van der Waals surface area contributed by atoms with Crippen molar-refractivity contribution in [2.75, 3.05) is 20.2 Å². The Balaban J connectivity index is 2.94. The molecule has 1 aromatic rings. The monoisotopic (exact) mass is 317 g/mol. The normalized spacial score (nSPS) is 11.6. The van der Waals surface area contributed by atoms with Gasteiger partial charge >= 0.3 is 0 Å². The molecule has 0 bridgehead atoms. The first-order valence-corrected chi connectivity index (χ1v) is 7.81. The first kappa shape index (κ1) is 17.3. The minimum atomic E-state index is -3.95. The van der Waals surface area contributed by atoms with Gasteiger partial charge in [0.1, 0.15) is 5.75 Å². The number of nitro benzene ring substituents is 1. The van der Waals surface area contributed by atoms with Crippen LogP contribution in [-0.2, 0) is 10.0 Å². The van der Waals surface area contributed by atoms with Crippen molar-refractivity contribution < 1.29 is 18.1 Å². The van der Waals surface area contributed by atoms with Gasteiger partial charge in [-0.15, -0.1) is 0 Å². The zero-order valence-corrected chi connectivity index (χ0v) is 12.9.